The van der Waals surface area contributed by atoms with Crippen LogP contribution in [0.2, 0.25) is 0 Å². The lowest BCUT2D eigenvalue weighted by Gasteiger charge is -2.21. The number of ether oxygens (including phenoxy) is 1. The molecule has 1 aromatic rings. The topological polar surface area (TPSA) is 38.3 Å². The molecule has 0 saturated heterocycles. The summed E-state index contributed by atoms with van der Waals surface area (Å²) in [6.07, 6.45) is -1.61. The molecule has 132 valence electrons. The molecule has 1 aliphatic rings. The minimum atomic E-state index is -4.15. The Labute approximate surface area is 143 Å². The summed E-state index contributed by atoms with van der Waals surface area (Å²) in [6.45, 7) is 0.0298. The summed E-state index contributed by atoms with van der Waals surface area (Å²) in [4.78, 5) is 11.4. The van der Waals surface area contributed by atoms with Crippen LogP contribution >= 0.6 is 11.6 Å². The molecule has 0 aromatic heterocycles. The van der Waals surface area contributed by atoms with E-state index in [1.807, 2.05) is 12.1 Å². The molecule has 1 heterocycles. The Morgan fingerprint density at radius 1 is 1.33 bits per heavy atom. The van der Waals surface area contributed by atoms with E-state index in [2.05, 4.69) is 5.32 Å². The van der Waals surface area contributed by atoms with Gasteiger partial charge >= 0.3 is 6.18 Å². The molecule has 1 aromatic carbocycles. The van der Waals surface area contributed by atoms with Gasteiger partial charge in [0.05, 0.1) is 6.61 Å². The number of hydrogen-bond donors (Lipinski definition) is 1. The lowest BCUT2D eigenvalue weighted by molar-refractivity contribution is -0.136. The van der Waals surface area contributed by atoms with Gasteiger partial charge in [0.25, 0.3) is 0 Å². The van der Waals surface area contributed by atoms with Gasteiger partial charge in [0.15, 0.2) is 0 Å². The molecule has 0 saturated carbocycles. The minimum Gasteiger partial charge on any atom is -0.494 e. The fraction of sp³-hybridized carbons (Fsp3) is 0.471. The molecule has 1 aliphatic heterocycles. The lowest BCUT2D eigenvalue weighted by atomic mass is 10.0. The van der Waals surface area contributed by atoms with E-state index >= 15 is 0 Å². The first-order chi connectivity index (χ1) is 11.3. The molecule has 24 heavy (non-hydrogen) atoms. The Hall–Kier alpha value is -1.69. The molecular formula is C17H19ClF3NO2. The predicted molar refractivity (Wildman–Crippen MR) is 86.0 cm³/mol. The quantitative estimate of drug-likeness (QED) is 0.733. The van der Waals surface area contributed by atoms with E-state index in [9.17, 15) is 18.0 Å². The zero-order valence-electron chi connectivity index (χ0n) is 13.0. The van der Waals surface area contributed by atoms with Crippen molar-refractivity contribution >= 4 is 17.5 Å². The number of rotatable bonds is 7. The van der Waals surface area contributed by atoms with E-state index < -0.39 is 12.6 Å². The fourth-order valence-electron chi connectivity index (χ4n) is 2.50. The number of nitrogens with one attached hydrogen (secondary N) is 1. The monoisotopic (exact) mass is 361 g/mol. The summed E-state index contributed by atoms with van der Waals surface area (Å²) in [5.41, 5.74) is 1.00. The standard InChI is InChI=1S/C17H19ClF3NO2/c18-13-10-14(22-16(23)11-13)6-5-12-3-1-4-15(9-12)24-8-2-7-17(19,20)21/h1,3-4,9,11,14H,2,5-8,10H2,(H,22,23)/t14-/m0/s1. The van der Waals surface area contributed by atoms with Crippen molar-refractivity contribution in [3.63, 3.8) is 0 Å². The van der Waals surface area contributed by atoms with Gasteiger partial charge in [0, 0.05) is 30.0 Å². The van der Waals surface area contributed by atoms with Gasteiger partial charge in [-0.2, -0.15) is 13.2 Å². The number of hydrogen-bond acceptors (Lipinski definition) is 2. The summed E-state index contributed by atoms with van der Waals surface area (Å²) in [6, 6.07) is 7.26. The van der Waals surface area contributed by atoms with Crippen LogP contribution in [0.15, 0.2) is 35.4 Å². The van der Waals surface area contributed by atoms with Crippen molar-refractivity contribution in [2.45, 2.75) is 44.3 Å². The lowest BCUT2D eigenvalue weighted by Crippen LogP contribution is -2.37. The molecule has 0 fully saturated rings. The van der Waals surface area contributed by atoms with Gasteiger partial charge in [-0.05, 0) is 37.0 Å². The van der Waals surface area contributed by atoms with Crippen molar-refractivity contribution in [2.24, 2.45) is 0 Å². The maximum atomic E-state index is 12.1. The smallest absolute Gasteiger partial charge is 0.389 e. The van der Waals surface area contributed by atoms with Gasteiger partial charge in [0.1, 0.15) is 5.75 Å². The van der Waals surface area contributed by atoms with Gasteiger partial charge in [-0.15, -0.1) is 0 Å². The summed E-state index contributed by atoms with van der Waals surface area (Å²) in [5.74, 6) is 0.373. The Morgan fingerprint density at radius 2 is 2.12 bits per heavy atom. The number of benzene rings is 1. The van der Waals surface area contributed by atoms with Crippen molar-refractivity contribution in [2.75, 3.05) is 6.61 Å². The number of carbonyl (C=O) groups is 1. The molecule has 2 rings (SSSR count). The van der Waals surface area contributed by atoms with Crippen LogP contribution in [-0.2, 0) is 11.2 Å². The average molecular weight is 362 g/mol. The molecule has 1 N–H and O–H groups in total. The molecule has 0 unspecified atom stereocenters. The first-order valence-electron chi connectivity index (χ1n) is 7.77. The zero-order valence-corrected chi connectivity index (χ0v) is 13.8. The van der Waals surface area contributed by atoms with Crippen molar-refractivity contribution in [1.29, 1.82) is 0 Å². The molecule has 0 aliphatic carbocycles. The highest BCUT2D eigenvalue weighted by Crippen LogP contribution is 2.23. The van der Waals surface area contributed by atoms with Crippen LogP contribution in [0.25, 0.3) is 0 Å². The Balaban J connectivity index is 1.78. The largest absolute Gasteiger partial charge is 0.494 e. The van der Waals surface area contributed by atoms with Gasteiger partial charge in [-0.3, -0.25) is 4.79 Å². The Bertz CT molecular complexity index is 602. The Morgan fingerprint density at radius 3 is 2.83 bits per heavy atom. The van der Waals surface area contributed by atoms with Gasteiger partial charge < -0.3 is 10.1 Å². The summed E-state index contributed by atoms with van der Waals surface area (Å²) >= 11 is 5.92. The highest BCUT2D eigenvalue weighted by molar-refractivity contribution is 6.31. The number of halogens is 4. The second-order valence-corrected chi connectivity index (χ2v) is 6.24. The molecule has 7 heteroatoms. The number of alkyl halides is 3. The van der Waals surface area contributed by atoms with E-state index in [0.717, 1.165) is 18.4 Å². The number of carbonyl (C=O) groups excluding carboxylic acids is 1. The SMILES string of the molecule is O=C1C=C(Cl)C[C@H](CCc2cccc(OCCCC(F)(F)F)c2)N1. The number of aryl methyl sites for hydroxylation is 1. The second-order valence-electron chi connectivity index (χ2n) is 5.75. The van der Waals surface area contributed by atoms with Crippen molar-refractivity contribution in [1.82, 2.24) is 5.32 Å². The summed E-state index contributed by atoms with van der Waals surface area (Å²) in [5, 5.41) is 3.40. The Kier molecular flexibility index (Phi) is 6.54. The maximum absolute atomic E-state index is 12.1. The molecule has 0 spiro atoms. The summed E-state index contributed by atoms with van der Waals surface area (Å²) in [7, 11) is 0. The van der Waals surface area contributed by atoms with E-state index in [-0.39, 0.29) is 25.0 Å². The average Bonchev–Trinajstić information content (AvgIpc) is 2.48. The van der Waals surface area contributed by atoms with Crippen LogP contribution in [0.3, 0.4) is 0 Å². The van der Waals surface area contributed by atoms with Gasteiger partial charge in [0.2, 0.25) is 5.91 Å². The van der Waals surface area contributed by atoms with Crippen LogP contribution < -0.4 is 10.1 Å². The maximum Gasteiger partial charge on any atom is 0.389 e. The van der Waals surface area contributed by atoms with E-state index in [4.69, 9.17) is 16.3 Å². The van der Waals surface area contributed by atoms with Gasteiger partial charge in [-0.25, -0.2) is 0 Å². The van der Waals surface area contributed by atoms with E-state index in [1.165, 1.54) is 6.08 Å². The fourth-order valence-corrected chi connectivity index (χ4v) is 2.78. The summed E-state index contributed by atoms with van der Waals surface area (Å²) < 4.78 is 41.6. The highest BCUT2D eigenvalue weighted by atomic mass is 35.5. The molecule has 1 atom stereocenters. The van der Waals surface area contributed by atoms with Crippen LogP contribution in [0.4, 0.5) is 13.2 Å². The van der Waals surface area contributed by atoms with Crippen LogP contribution in [-0.4, -0.2) is 24.7 Å². The minimum absolute atomic E-state index is 0.00800. The van der Waals surface area contributed by atoms with Gasteiger partial charge in [-0.1, -0.05) is 23.7 Å². The van der Waals surface area contributed by atoms with Crippen LogP contribution in [0.5, 0.6) is 5.75 Å². The van der Waals surface area contributed by atoms with Crippen molar-refractivity contribution in [3.8, 4) is 5.75 Å². The third-order valence-corrected chi connectivity index (χ3v) is 3.89. The predicted octanol–water partition coefficient (Wildman–Crippen LogP) is 4.35. The third-order valence-electron chi connectivity index (χ3n) is 3.63. The zero-order chi connectivity index (χ0) is 17.6. The molecule has 1 amide bonds. The van der Waals surface area contributed by atoms with E-state index in [0.29, 0.717) is 17.2 Å². The highest BCUT2D eigenvalue weighted by Gasteiger charge is 2.26. The van der Waals surface area contributed by atoms with Crippen LogP contribution in [0.1, 0.15) is 31.2 Å². The van der Waals surface area contributed by atoms with E-state index in [1.54, 1.807) is 12.1 Å². The first kappa shape index (κ1) is 18.6. The molecular weight excluding hydrogens is 343 g/mol. The second kappa shape index (κ2) is 8.42. The normalized spacial score (nSPS) is 18.1. The van der Waals surface area contributed by atoms with Crippen LogP contribution in [0, 0.1) is 0 Å². The molecule has 3 nitrogen and oxygen atoms in total. The van der Waals surface area contributed by atoms with Crippen molar-refractivity contribution < 1.29 is 22.7 Å². The molecule has 0 radical (unpaired) electrons. The first-order valence-corrected chi connectivity index (χ1v) is 8.15. The third kappa shape index (κ3) is 6.83. The van der Waals surface area contributed by atoms with Crippen molar-refractivity contribution in [3.05, 3.63) is 40.9 Å². The molecule has 0 bridgehead atoms. The number of amides is 1.